The Morgan fingerprint density at radius 1 is 1.64 bits per heavy atom. The molecule has 0 radical (unpaired) electrons. The van der Waals surface area contributed by atoms with Crippen LogP contribution in [0, 0.1) is 7.43 Å². The zero-order valence-electron chi connectivity index (χ0n) is 6.59. The molecule has 0 aliphatic heterocycles. The van der Waals surface area contributed by atoms with Crippen LogP contribution in [-0.2, 0) is 30.7 Å². The van der Waals surface area contributed by atoms with Crippen molar-refractivity contribution >= 4 is 12.2 Å². The molecule has 0 rings (SSSR count). The van der Waals surface area contributed by atoms with E-state index in [1.165, 1.54) is 6.08 Å². The van der Waals surface area contributed by atoms with Crippen molar-refractivity contribution in [3.63, 3.8) is 0 Å². The smallest absolute Gasteiger partial charge is 0.540 e. The van der Waals surface area contributed by atoms with Crippen LogP contribution in [0.1, 0.15) is 6.92 Å². The molecule has 0 heterocycles. The van der Waals surface area contributed by atoms with Crippen molar-refractivity contribution in [2.75, 3.05) is 6.54 Å². The van der Waals surface area contributed by atoms with Gasteiger partial charge in [0, 0.05) is 0 Å². The van der Waals surface area contributed by atoms with E-state index in [0.29, 0.717) is 0 Å². The maximum Gasteiger partial charge on any atom is 2.00 e. The molecule has 3 nitrogen and oxygen atoms in total. The van der Waals surface area contributed by atoms with Crippen LogP contribution in [0.2, 0.25) is 0 Å². The van der Waals surface area contributed by atoms with Gasteiger partial charge in [-0.2, -0.15) is 0 Å². The van der Waals surface area contributed by atoms with Gasteiger partial charge in [0.05, 0.1) is 0 Å². The standard InChI is InChI=1S/C6H8NO2.CH3.W/c1-2-3-6(9)7-4-5-8;;/h2-3H,4H2,1H3,(H,7,9);1H3;/q2*-1;+2/b3-2-;;. The summed E-state index contributed by atoms with van der Waals surface area (Å²) in [7, 11) is 0. The van der Waals surface area contributed by atoms with Gasteiger partial charge in [-0.1, -0.05) is 12.6 Å². The van der Waals surface area contributed by atoms with Crippen molar-refractivity contribution in [1.82, 2.24) is 5.32 Å². The van der Waals surface area contributed by atoms with E-state index in [2.05, 4.69) is 5.32 Å². The number of hydrogen-bond acceptors (Lipinski definition) is 2. The van der Waals surface area contributed by atoms with Crippen molar-refractivity contribution in [1.29, 1.82) is 0 Å². The summed E-state index contributed by atoms with van der Waals surface area (Å²) < 4.78 is 0. The van der Waals surface area contributed by atoms with Gasteiger partial charge in [-0.25, -0.2) is 6.29 Å². The predicted molar refractivity (Wildman–Crippen MR) is 39.9 cm³/mol. The van der Waals surface area contributed by atoms with Crippen molar-refractivity contribution in [3.05, 3.63) is 19.6 Å². The number of rotatable bonds is 3. The maximum atomic E-state index is 10.4. The van der Waals surface area contributed by atoms with Crippen LogP contribution < -0.4 is 5.32 Å². The number of carbonyl (C=O) groups excluding carboxylic acids is 2. The quantitative estimate of drug-likeness (QED) is 0.597. The molecule has 0 aliphatic rings. The number of carbonyl (C=O) groups is 1. The summed E-state index contributed by atoms with van der Waals surface area (Å²) in [4.78, 5) is 20.0. The minimum absolute atomic E-state index is 0. The average Bonchev–Trinajstić information content (AvgIpc) is 1.85. The van der Waals surface area contributed by atoms with Gasteiger partial charge < -0.3 is 17.5 Å². The third-order valence-electron chi connectivity index (χ3n) is 0.653. The van der Waals surface area contributed by atoms with Crippen LogP contribution >= 0.6 is 0 Å². The summed E-state index contributed by atoms with van der Waals surface area (Å²) in [5.74, 6) is -0.263. The molecule has 0 aromatic rings. The first-order valence-corrected chi connectivity index (χ1v) is 2.56. The van der Waals surface area contributed by atoms with Gasteiger partial charge in [0.25, 0.3) is 0 Å². The SMILES string of the molecule is C/C=C\C(=O)NC[C-]=O.[CH3-].[W+2]. The fourth-order valence-corrected chi connectivity index (χ4v) is 0.334. The Kier molecular flexibility index (Phi) is 18.8. The fourth-order valence-electron chi connectivity index (χ4n) is 0.334. The number of nitrogens with one attached hydrogen (secondary N) is 1. The number of allylic oxidation sites excluding steroid dienone is 1. The van der Waals surface area contributed by atoms with E-state index in [4.69, 9.17) is 0 Å². The van der Waals surface area contributed by atoms with E-state index in [9.17, 15) is 9.59 Å². The third-order valence-corrected chi connectivity index (χ3v) is 0.653. The fraction of sp³-hybridized carbons (Fsp3) is 0.286. The average molecular weight is 325 g/mol. The van der Waals surface area contributed by atoms with Crippen molar-refractivity contribution in [3.8, 4) is 0 Å². The van der Waals surface area contributed by atoms with E-state index in [0.717, 1.165) is 0 Å². The van der Waals surface area contributed by atoms with Crippen molar-refractivity contribution in [2.45, 2.75) is 6.92 Å². The molecule has 4 heteroatoms. The Morgan fingerprint density at radius 2 is 2.18 bits per heavy atom. The summed E-state index contributed by atoms with van der Waals surface area (Å²) in [6.07, 6.45) is 4.48. The van der Waals surface area contributed by atoms with Crippen molar-refractivity contribution < 1.29 is 30.7 Å². The molecule has 0 unspecified atom stereocenters. The minimum atomic E-state index is -0.263. The predicted octanol–water partition coefficient (Wildman–Crippen LogP) is 0.236. The molecule has 1 amide bonds. The summed E-state index contributed by atoms with van der Waals surface area (Å²) in [6.45, 7) is 1.69. The Balaban J connectivity index is -0.000000320. The van der Waals surface area contributed by atoms with Gasteiger partial charge in [-0.15, -0.1) is 0 Å². The zero-order chi connectivity index (χ0) is 7.11. The topological polar surface area (TPSA) is 46.2 Å². The molecule has 0 saturated heterocycles. The van der Waals surface area contributed by atoms with Crippen LogP contribution in [0.4, 0.5) is 0 Å². The van der Waals surface area contributed by atoms with E-state index < -0.39 is 0 Å². The molecule has 0 spiro atoms. The summed E-state index contributed by atoms with van der Waals surface area (Å²) >= 11 is 0. The maximum absolute atomic E-state index is 10.4. The zero-order valence-corrected chi connectivity index (χ0v) is 9.52. The molecule has 62 valence electrons. The molecule has 11 heavy (non-hydrogen) atoms. The van der Waals surface area contributed by atoms with E-state index in [1.54, 1.807) is 19.3 Å². The normalized spacial score (nSPS) is 7.73. The largest absolute Gasteiger partial charge is 2.00 e. The molecular formula is C7H11NO2W. The van der Waals surface area contributed by atoms with E-state index in [1.807, 2.05) is 0 Å². The second-order valence-electron chi connectivity index (χ2n) is 1.36. The van der Waals surface area contributed by atoms with Crippen LogP contribution in [0.15, 0.2) is 12.2 Å². The molecule has 0 aromatic heterocycles. The first kappa shape index (κ1) is 16.9. The molecule has 0 atom stereocenters. The van der Waals surface area contributed by atoms with Gasteiger partial charge in [-0.05, 0) is 13.0 Å². The van der Waals surface area contributed by atoms with Gasteiger partial charge >= 0.3 is 21.1 Å². The van der Waals surface area contributed by atoms with Gasteiger partial charge in [-0.3, -0.25) is 4.79 Å². The summed E-state index contributed by atoms with van der Waals surface area (Å²) in [5, 5.41) is 2.28. The second-order valence-corrected chi connectivity index (χ2v) is 1.36. The minimum Gasteiger partial charge on any atom is -0.540 e. The third kappa shape index (κ3) is 12.7. The Hall–Kier alpha value is -0.432. The van der Waals surface area contributed by atoms with Gasteiger partial charge in [0.2, 0.25) is 5.91 Å². The molecular weight excluding hydrogens is 314 g/mol. The van der Waals surface area contributed by atoms with Crippen LogP contribution in [0.25, 0.3) is 0 Å². The Bertz CT molecular complexity index is 134. The molecule has 1 N–H and O–H groups in total. The summed E-state index contributed by atoms with van der Waals surface area (Å²) in [6, 6.07) is 0. The number of hydrogen-bond donors (Lipinski definition) is 1. The summed E-state index contributed by atoms with van der Waals surface area (Å²) in [5.41, 5.74) is 0. The molecule has 0 bridgehead atoms. The molecule has 0 fully saturated rings. The number of amides is 1. The van der Waals surface area contributed by atoms with Crippen LogP contribution in [0.5, 0.6) is 0 Å². The van der Waals surface area contributed by atoms with Gasteiger partial charge in [0.15, 0.2) is 0 Å². The van der Waals surface area contributed by atoms with E-state index >= 15 is 0 Å². The Labute approximate surface area is 81.5 Å². The first-order chi connectivity index (χ1) is 4.31. The molecule has 0 saturated carbocycles. The first-order valence-electron chi connectivity index (χ1n) is 2.56. The van der Waals surface area contributed by atoms with Crippen LogP contribution in [-0.4, -0.2) is 18.7 Å². The molecule has 0 aliphatic carbocycles. The van der Waals surface area contributed by atoms with Gasteiger partial charge in [0.1, 0.15) is 0 Å². The second kappa shape index (κ2) is 12.3. The van der Waals surface area contributed by atoms with Crippen molar-refractivity contribution in [2.24, 2.45) is 0 Å². The molecule has 0 aromatic carbocycles. The monoisotopic (exact) mass is 325 g/mol. The van der Waals surface area contributed by atoms with Crippen LogP contribution in [0.3, 0.4) is 0 Å². The van der Waals surface area contributed by atoms with E-state index in [-0.39, 0.29) is 40.9 Å². The Morgan fingerprint density at radius 3 is 2.55 bits per heavy atom.